The lowest BCUT2D eigenvalue weighted by Crippen LogP contribution is -2.32. The van der Waals surface area contributed by atoms with Gasteiger partial charge in [-0.25, -0.2) is 9.69 Å². The number of ether oxygens (including phenoxy) is 1. The van der Waals surface area contributed by atoms with Crippen LogP contribution in [-0.2, 0) is 14.3 Å². The van der Waals surface area contributed by atoms with Crippen LogP contribution in [0, 0.1) is 0 Å². The molecule has 0 bridgehead atoms. The number of benzene rings is 3. The van der Waals surface area contributed by atoms with Crippen LogP contribution >= 0.6 is 23.2 Å². The van der Waals surface area contributed by atoms with Crippen molar-refractivity contribution in [1.29, 1.82) is 0 Å². The molecule has 2 N–H and O–H groups in total. The maximum atomic E-state index is 12.9. The standard InChI is InChI=1S/C28H23Cl2N3O5/c1-2-3-16-38-28(37)18-6-12-21(13-7-18)32-25(34)17-4-10-20(11-5-17)31-24-23(30)26(35)33(27(24)36)22-14-8-19(29)9-15-22/h4-15,31H,2-3,16H2,1H3,(H,32,34). The number of anilines is 3. The number of imide groups is 1. The molecule has 0 fully saturated rings. The Kier molecular flexibility index (Phi) is 8.45. The zero-order chi connectivity index (χ0) is 27.2. The number of halogens is 2. The molecule has 0 spiro atoms. The van der Waals surface area contributed by atoms with Gasteiger partial charge in [0.25, 0.3) is 17.7 Å². The molecular formula is C28H23Cl2N3O5. The fraction of sp³-hybridized carbons (Fsp3) is 0.143. The van der Waals surface area contributed by atoms with Crippen LogP contribution in [-0.4, -0.2) is 30.3 Å². The van der Waals surface area contributed by atoms with Crippen molar-refractivity contribution in [3.63, 3.8) is 0 Å². The van der Waals surface area contributed by atoms with E-state index in [2.05, 4.69) is 10.6 Å². The van der Waals surface area contributed by atoms with E-state index in [4.69, 9.17) is 27.9 Å². The highest BCUT2D eigenvalue weighted by Crippen LogP contribution is 2.30. The van der Waals surface area contributed by atoms with E-state index < -0.39 is 17.8 Å². The van der Waals surface area contributed by atoms with Gasteiger partial charge in [0, 0.05) is 22.0 Å². The Bertz CT molecular complexity index is 1400. The van der Waals surface area contributed by atoms with E-state index in [1.165, 1.54) is 0 Å². The molecule has 0 radical (unpaired) electrons. The molecule has 1 aliphatic rings. The van der Waals surface area contributed by atoms with E-state index in [1.54, 1.807) is 72.8 Å². The lowest BCUT2D eigenvalue weighted by molar-refractivity contribution is -0.120. The molecule has 3 aromatic carbocycles. The zero-order valence-corrected chi connectivity index (χ0v) is 21.8. The number of nitrogens with zero attached hydrogens (tertiary/aromatic N) is 1. The van der Waals surface area contributed by atoms with Gasteiger partial charge in [0.15, 0.2) is 0 Å². The van der Waals surface area contributed by atoms with Crippen LogP contribution in [0.3, 0.4) is 0 Å². The number of carbonyl (C=O) groups is 4. The van der Waals surface area contributed by atoms with Crippen molar-refractivity contribution >= 4 is 64.0 Å². The Balaban J connectivity index is 1.38. The van der Waals surface area contributed by atoms with Crippen LogP contribution in [0.1, 0.15) is 40.5 Å². The van der Waals surface area contributed by atoms with Crippen molar-refractivity contribution in [2.75, 3.05) is 22.1 Å². The number of hydrogen-bond donors (Lipinski definition) is 2. The molecule has 0 saturated carbocycles. The predicted molar refractivity (Wildman–Crippen MR) is 146 cm³/mol. The molecule has 0 aromatic heterocycles. The zero-order valence-electron chi connectivity index (χ0n) is 20.3. The van der Waals surface area contributed by atoms with E-state index in [-0.39, 0.29) is 16.6 Å². The topological polar surface area (TPSA) is 105 Å². The highest BCUT2D eigenvalue weighted by Gasteiger charge is 2.38. The average Bonchev–Trinajstić information content (AvgIpc) is 3.13. The number of rotatable bonds is 9. The van der Waals surface area contributed by atoms with Crippen molar-refractivity contribution in [3.05, 3.63) is 99.7 Å². The summed E-state index contributed by atoms with van der Waals surface area (Å²) in [7, 11) is 0. The van der Waals surface area contributed by atoms with Gasteiger partial charge < -0.3 is 15.4 Å². The first kappa shape index (κ1) is 26.9. The third-order valence-electron chi connectivity index (χ3n) is 5.64. The van der Waals surface area contributed by atoms with Crippen LogP contribution in [0.2, 0.25) is 5.02 Å². The first-order valence-electron chi connectivity index (χ1n) is 11.8. The van der Waals surface area contributed by atoms with E-state index >= 15 is 0 Å². The third-order valence-corrected chi connectivity index (χ3v) is 6.24. The number of unbranched alkanes of at least 4 members (excludes halogenated alkanes) is 1. The lowest BCUT2D eigenvalue weighted by atomic mass is 10.1. The van der Waals surface area contributed by atoms with Gasteiger partial charge in [-0.3, -0.25) is 14.4 Å². The minimum Gasteiger partial charge on any atom is -0.462 e. The summed E-state index contributed by atoms with van der Waals surface area (Å²) in [6.07, 6.45) is 1.73. The number of amides is 3. The average molecular weight is 552 g/mol. The highest BCUT2D eigenvalue weighted by atomic mass is 35.5. The molecule has 8 nitrogen and oxygen atoms in total. The number of nitrogens with one attached hydrogen (secondary N) is 2. The van der Waals surface area contributed by atoms with Gasteiger partial charge in [-0.15, -0.1) is 0 Å². The summed E-state index contributed by atoms with van der Waals surface area (Å²) in [5, 5.41) is 5.85. The van der Waals surface area contributed by atoms with Crippen LogP contribution in [0.5, 0.6) is 0 Å². The van der Waals surface area contributed by atoms with Gasteiger partial charge in [0.05, 0.1) is 17.9 Å². The quantitative estimate of drug-likeness (QED) is 0.192. The van der Waals surface area contributed by atoms with Gasteiger partial charge in [0.2, 0.25) is 0 Å². The highest BCUT2D eigenvalue weighted by molar-refractivity contribution is 6.53. The Morgan fingerprint density at radius 2 is 1.42 bits per heavy atom. The molecule has 0 atom stereocenters. The van der Waals surface area contributed by atoms with Crippen molar-refractivity contribution in [2.45, 2.75) is 19.8 Å². The molecular weight excluding hydrogens is 529 g/mol. The summed E-state index contributed by atoms with van der Waals surface area (Å²) in [5.74, 6) is -2.04. The number of esters is 1. The molecule has 3 aromatic rings. The summed E-state index contributed by atoms with van der Waals surface area (Å²) in [6.45, 7) is 2.38. The Hall–Kier alpha value is -4.14. The summed E-state index contributed by atoms with van der Waals surface area (Å²) >= 11 is 12.1. The van der Waals surface area contributed by atoms with Gasteiger partial charge in [-0.1, -0.05) is 36.5 Å². The fourth-order valence-electron chi connectivity index (χ4n) is 3.57. The lowest BCUT2D eigenvalue weighted by Gasteiger charge is -2.15. The maximum absolute atomic E-state index is 12.9. The maximum Gasteiger partial charge on any atom is 0.338 e. The van der Waals surface area contributed by atoms with Crippen LogP contribution < -0.4 is 15.5 Å². The SMILES string of the molecule is CCCCOC(=O)c1ccc(NC(=O)c2ccc(NC3=C(Cl)C(=O)N(c4ccc(Cl)cc4)C3=O)cc2)cc1. The molecule has 1 aliphatic heterocycles. The molecule has 0 aliphatic carbocycles. The van der Waals surface area contributed by atoms with Crippen LogP contribution in [0.4, 0.5) is 17.1 Å². The van der Waals surface area contributed by atoms with Crippen molar-refractivity contribution in [1.82, 2.24) is 0 Å². The predicted octanol–water partition coefficient (Wildman–Crippen LogP) is 5.98. The molecule has 0 saturated heterocycles. The summed E-state index contributed by atoms with van der Waals surface area (Å²) in [5.41, 5.74) is 1.99. The molecule has 1 heterocycles. The smallest absolute Gasteiger partial charge is 0.338 e. The minimum atomic E-state index is -0.655. The third kappa shape index (κ3) is 6.04. The van der Waals surface area contributed by atoms with Gasteiger partial charge in [-0.2, -0.15) is 0 Å². The Labute approximate surface area is 229 Å². The van der Waals surface area contributed by atoms with Crippen molar-refractivity contribution < 1.29 is 23.9 Å². The summed E-state index contributed by atoms with van der Waals surface area (Å²) < 4.78 is 5.18. The molecule has 3 amide bonds. The second kappa shape index (κ2) is 11.9. The second-order valence-electron chi connectivity index (χ2n) is 8.33. The van der Waals surface area contributed by atoms with E-state index in [0.29, 0.717) is 39.8 Å². The van der Waals surface area contributed by atoms with E-state index in [1.807, 2.05) is 6.92 Å². The molecule has 4 rings (SSSR count). The second-order valence-corrected chi connectivity index (χ2v) is 9.15. The molecule has 10 heteroatoms. The normalized spacial score (nSPS) is 13.1. The Morgan fingerprint density at radius 3 is 2.05 bits per heavy atom. The van der Waals surface area contributed by atoms with Gasteiger partial charge in [0.1, 0.15) is 10.7 Å². The van der Waals surface area contributed by atoms with Gasteiger partial charge in [-0.05, 0) is 79.2 Å². The van der Waals surface area contributed by atoms with Crippen LogP contribution in [0.15, 0.2) is 83.5 Å². The fourth-order valence-corrected chi connectivity index (χ4v) is 3.91. The van der Waals surface area contributed by atoms with E-state index in [9.17, 15) is 19.2 Å². The Morgan fingerprint density at radius 1 is 0.816 bits per heavy atom. The first-order chi connectivity index (χ1) is 18.3. The van der Waals surface area contributed by atoms with Crippen LogP contribution in [0.25, 0.3) is 0 Å². The number of carbonyl (C=O) groups excluding carboxylic acids is 4. The molecule has 194 valence electrons. The molecule has 38 heavy (non-hydrogen) atoms. The monoisotopic (exact) mass is 551 g/mol. The number of hydrogen-bond acceptors (Lipinski definition) is 6. The summed E-state index contributed by atoms with van der Waals surface area (Å²) in [4.78, 5) is 51.1. The minimum absolute atomic E-state index is 0.0721. The van der Waals surface area contributed by atoms with Gasteiger partial charge >= 0.3 is 5.97 Å². The van der Waals surface area contributed by atoms with Crippen molar-refractivity contribution in [3.8, 4) is 0 Å². The largest absolute Gasteiger partial charge is 0.462 e. The first-order valence-corrected chi connectivity index (χ1v) is 12.5. The van der Waals surface area contributed by atoms with Crippen molar-refractivity contribution in [2.24, 2.45) is 0 Å². The van der Waals surface area contributed by atoms with E-state index in [0.717, 1.165) is 17.7 Å². The molecule has 0 unspecified atom stereocenters. The summed E-state index contributed by atoms with van der Waals surface area (Å²) in [6, 6.07) is 18.9.